The third kappa shape index (κ3) is 6.11. The van der Waals surface area contributed by atoms with Crippen LogP contribution in [0, 0.1) is 0 Å². The number of anilines is 1. The van der Waals surface area contributed by atoms with Gasteiger partial charge in [-0.15, -0.1) is 0 Å². The second-order valence-corrected chi connectivity index (χ2v) is 12.2. The standard InChI is InChI=1S/C33H41N5O3/c1-23(2)26-14-10-11-15-28(26)38-29-22-35(21-25-12-8-7-9-13-25)17-16-27(29)30(34-31(38)39)37-19-18-36(20-24(37)3)32(40)41-33(4,5)6/h7-17,22-24H,18-21H2,1-6H3,(H,34,39)/t24-/m1/s1. The lowest BCUT2D eigenvalue weighted by molar-refractivity contribution is 0.00935. The Morgan fingerprint density at radius 1 is 1.05 bits per heavy atom. The molecule has 0 saturated carbocycles. The number of hydrogen-bond acceptors (Lipinski definition) is 5. The fourth-order valence-corrected chi connectivity index (χ4v) is 5.56. The highest BCUT2D eigenvalue weighted by molar-refractivity contribution is 6.00. The van der Waals surface area contributed by atoms with Crippen LogP contribution in [0.15, 0.2) is 90.2 Å². The van der Waals surface area contributed by atoms with Gasteiger partial charge < -0.3 is 19.4 Å². The molecule has 0 radical (unpaired) electrons. The van der Waals surface area contributed by atoms with Gasteiger partial charge in [-0.2, -0.15) is 0 Å². The normalized spacial score (nSPS) is 19.3. The fraction of sp³-hybridized carbons (Fsp3) is 0.394. The first-order chi connectivity index (χ1) is 19.5. The Kier molecular flexibility index (Phi) is 7.84. The van der Waals surface area contributed by atoms with E-state index in [-0.39, 0.29) is 24.1 Å². The molecule has 1 fully saturated rings. The van der Waals surface area contributed by atoms with Crippen molar-refractivity contribution in [3.8, 4) is 0 Å². The number of carbonyl (C=O) groups excluding carboxylic acids is 2. The van der Waals surface area contributed by atoms with Crippen molar-refractivity contribution in [2.24, 2.45) is 0 Å². The van der Waals surface area contributed by atoms with Crippen LogP contribution in [0.5, 0.6) is 0 Å². The van der Waals surface area contributed by atoms with E-state index in [4.69, 9.17) is 4.74 Å². The third-order valence-electron chi connectivity index (χ3n) is 7.50. The molecule has 0 bridgehead atoms. The molecule has 0 spiro atoms. The highest BCUT2D eigenvalue weighted by Crippen LogP contribution is 2.38. The number of fused-ring (bicyclic) bond motifs is 1. The van der Waals surface area contributed by atoms with Gasteiger partial charge in [0.1, 0.15) is 11.4 Å². The number of benzene rings is 2. The average Bonchev–Trinajstić information content (AvgIpc) is 2.92. The summed E-state index contributed by atoms with van der Waals surface area (Å²) in [5, 5.41) is 3.22. The van der Waals surface area contributed by atoms with Crippen LogP contribution in [0.4, 0.5) is 15.3 Å². The first-order valence-corrected chi connectivity index (χ1v) is 14.4. The summed E-state index contributed by atoms with van der Waals surface area (Å²) in [4.78, 5) is 34.6. The van der Waals surface area contributed by atoms with Crippen LogP contribution >= 0.6 is 0 Å². The van der Waals surface area contributed by atoms with Crippen LogP contribution < -0.4 is 10.2 Å². The smallest absolute Gasteiger partial charge is 0.410 e. The molecule has 2 aromatic carbocycles. The minimum Gasteiger partial charge on any atom is -0.444 e. The molecule has 8 nitrogen and oxygen atoms in total. The third-order valence-corrected chi connectivity index (χ3v) is 7.50. The Labute approximate surface area is 243 Å². The van der Waals surface area contributed by atoms with Crippen molar-refractivity contribution in [2.45, 2.75) is 65.6 Å². The summed E-state index contributed by atoms with van der Waals surface area (Å²) in [5.74, 6) is 1.01. The minimum atomic E-state index is -0.548. The van der Waals surface area contributed by atoms with Crippen molar-refractivity contribution in [1.29, 1.82) is 0 Å². The molecule has 3 heterocycles. The van der Waals surface area contributed by atoms with E-state index in [0.29, 0.717) is 26.2 Å². The van der Waals surface area contributed by atoms with Crippen LogP contribution in [-0.2, 0) is 11.3 Å². The topological polar surface area (TPSA) is 68.4 Å². The van der Waals surface area contributed by atoms with Gasteiger partial charge >= 0.3 is 12.1 Å². The van der Waals surface area contributed by atoms with Crippen molar-refractivity contribution < 1.29 is 14.3 Å². The van der Waals surface area contributed by atoms with Gasteiger partial charge in [0.25, 0.3) is 0 Å². The van der Waals surface area contributed by atoms with Crippen LogP contribution in [0.2, 0.25) is 0 Å². The first kappa shape index (κ1) is 28.3. The van der Waals surface area contributed by atoms with Crippen molar-refractivity contribution >= 4 is 17.8 Å². The van der Waals surface area contributed by atoms with Gasteiger partial charge in [-0.25, -0.2) is 9.59 Å². The maximum Gasteiger partial charge on any atom is 0.410 e. The quantitative estimate of drug-likeness (QED) is 0.465. The lowest BCUT2D eigenvalue weighted by Gasteiger charge is -2.46. The monoisotopic (exact) mass is 555 g/mol. The highest BCUT2D eigenvalue weighted by atomic mass is 16.6. The molecular weight excluding hydrogens is 514 g/mol. The van der Waals surface area contributed by atoms with Gasteiger partial charge in [-0.3, -0.25) is 10.2 Å². The molecule has 3 aliphatic heterocycles. The summed E-state index contributed by atoms with van der Waals surface area (Å²) >= 11 is 0. The van der Waals surface area contributed by atoms with E-state index in [1.165, 1.54) is 5.56 Å². The number of para-hydroxylation sites is 1. The number of urea groups is 1. The SMILES string of the molecule is CC(C)c1ccccc1N1C(=O)NC(N2CCN(C(=O)OC(C)(C)C)C[C@H]2C)=C2C=CN(Cc3ccccc3)C=C21. The first-order valence-electron chi connectivity index (χ1n) is 14.4. The second-order valence-electron chi connectivity index (χ2n) is 12.2. The molecule has 1 N–H and O–H groups in total. The molecule has 3 amide bonds. The summed E-state index contributed by atoms with van der Waals surface area (Å²) in [6, 6.07) is 18.2. The number of piperazine rings is 1. The number of carbonyl (C=O) groups is 2. The second kappa shape index (κ2) is 11.4. The predicted octanol–water partition coefficient (Wildman–Crippen LogP) is 6.36. The lowest BCUT2D eigenvalue weighted by Crippen LogP contribution is -2.58. The Morgan fingerprint density at radius 2 is 1.76 bits per heavy atom. The fourth-order valence-electron chi connectivity index (χ4n) is 5.56. The van der Waals surface area contributed by atoms with Crippen molar-refractivity contribution in [2.75, 3.05) is 24.5 Å². The summed E-state index contributed by atoms with van der Waals surface area (Å²) < 4.78 is 5.62. The van der Waals surface area contributed by atoms with E-state index in [2.05, 4.69) is 72.6 Å². The maximum atomic E-state index is 14.0. The van der Waals surface area contributed by atoms with Crippen LogP contribution in [0.25, 0.3) is 0 Å². The number of hydrogen-bond donors (Lipinski definition) is 1. The molecule has 216 valence electrons. The Bertz CT molecular complexity index is 1390. The Balaban J connectivity index is 1.50. The van der Waals surface area contributed by atoms with Crippen LogP contribution in [0.3, 0.4) is 0 Å². The van der Waals surface area contributed by atoms with E-state index < -0.39 is 5.60 Å². The molecule has 8 heteroatoms. The largest absolute Gasteiger partial charge is 0.444 e. The van der Waals surface area contributed by atoms with Crippen molar-refractivity contribution in [3.05, 3.63) is 101 Å². The van der Waals surface area contributed by atoms with Gasteiger partial charge in [0.05, 0.1) is 11.4 Å². The van der Waals surface area contributed by atoms with E-state index in [1.807, 2.05) is 57.2 Å². The minimum absolute atomic E-state index is 0.0226. The van der Waals surface area contributed by atoms with Crippen molar-refractivity contribution in [1.82, 2.24) is 20.0 Å². The number of amides is 3. The summed E-state index contributed by atoms with van der Waals surface area (Å²) in [6.07, 6.45) is 5.92. The van der Waals surface area contributed by atoms with Gasteiger partial charge in [0.2, 0.25) is 0 Å². The van der Waals surface area contributed by atoms with E-state index in [1.54, 1.807) is 9.80 Å². The maximum absolute atomic E-state index is 14.0. The van der Waals surface area contributed by atoms with Crippen LogP contribution in [0.1, 0.15) is 58.6 Å². The molecule has 0 aliphatic carbocycles. The van der Waals surface area contributed by atoms with Crippen LogP contribution in [-0.4, -0.2) is 58.1 Å². The summed E-state index contributed by atoms with van der Waals surface area (Å²) in [7, 11) is 0. The van der Waals surface area contributed by atoms with Gasteiger partial charge in [-0.05, 0) is 56.9 Å². The molecule has 0 aromatic heterocycles. The van der Waals surface area contributed by atoms with Crippen molar-refractivity contribution in [3.63, 3.8) is 0 Å². The zero-order chi connectivity index (χ0) is 29.3. The number of rotatable bonds is 5. The number of nitrogens with zero attached hydrogens (tertiary/aromatic N) is 4. The summed E-state index contributed by atoms with van der Waals surface area (Å²) in [5.41, 5.74) is 4.40. The molecule has 1 atom stereocenters. The molecule has 3 aliphatic rings. The van der Waals surface area contributed by atoms with E-state index in [9.17, 15) is 9.59 Å². The predicted molar refractivity (Wildman–Crippen MR) is 162 cm³/mol. The number of nitrogens with one attached hydrogen (secondary N) is 1. The molecule has 0 unspecified atom stereocenters. The van der Waals surface area contributed by atoms with E-state index >= 15 is 0 Å². The zero-order valence-corrected chi connectivity index (χ0v) is 24.9. The molecule has 1 saturated heterocycles. The lowest BCUT2D eigenvalue weighted by atomic mass is 9.98. The number of ether oxygens (including phenoxy) is 1. The zero-order valence-electron chi connectivity index (χ0n) is 24.9. The van der Waals surface area contributed by atoms with Gasteiger partial charge in [-0.1, -0.05) is 62.4 Å². The average molecular weight is 556 g/mol. The highest BCUT2D eigenvalue weighted by Gasteiger charge is 2.38. The molecule has 2 aromatic rings. The summed E-state index contributed by atoms with van der Waals surface area (Å²) in [6.45, 7) is 14.3. The Morgan fingerprint density at radius 3 is 2.44 bits per heavy atom. The Hall–Kier alpha value is -4.20. The number of allylic oxidation sites excluding steroid dienone is 1. The molecular formula is C33H41N5O3. The van der Waals surface area contributed by atoms with Gasteiger partial charge in [0, 0.05) is 50.2 Å². The molecule has 5 rings (SSSR count). The molecule has 41 heavy (non-hydrogen) atoms. The van der Waals surface area contributed by atoms with E-state index in [0.717, 1.165) is 28.3 Å². The van der Waals surface area contributed by atoms with Gasteiger partial charge in [0.15, 0.2) is 0 Å².